The van der Waals surface area contributed by atoms with E-state index < -0.39 is 17.7 Å². The Morgan fingerprint density at radius 1 is 0.977 bits per heavy atom. The zero-order valence-corrected chi connectivity index (χ0v) is 25.9. The highest BCUT2D eigenvalue weighted by Crippen LogP contribution is 2.42. The van der Waals surface area contributed by atoms with Gasteiger partial charge in [0.05, 0.1) is 16.7 Å². The second-order valence-corrected chi connectivity index (χ2v) is 13.0. The summed E-state index contributed by atoms with van der Waals surface area (Å²) in [6.45, 7) is 10.0. The summed E-state index contributed by atoms with van der Waals surface area (Å²) in [5.41, 5.74) is 4.17. The highest BCUT2D eigenvalue weighted by molar-refractivity contribution is 6.00. The predicted octanol–water partition coefficient (Wildman–Crippen LogP) is 5.63. The number of amides is 2. The van der Waals surface area contributed by atoms with Crippen LogP contribution >= 0.6 is 0 Å². The van der Waals surface area contributed by atoms with Crippen LogP contribution in [0.3, 0.4) is 0 Å². The molecule has 3 aliphatic heterocycles. The number of benzene rings is 3. The second kappa shape index (κ2) is 11.8. The minimum atomic E-state index is -0.709. The van der Waals surface area contributed by atoms with Gasteiger partial charge in [-0.05, 0) is 56.9 Å². The smallest absolute Gasteiger partial charge is 0.408 e. The summed E-state index contributed by atoms with van der Waals surface area (Å²) in [7, 11) is 0. The molecule has 0 fully saturated rings. The van der Waals surface area contributed by atoms with Gasteiger partial charge in [-0.3, -0.25) is 14.7 Å². The number of aliphatic imine (C=N–C) groups is 1. The number of rotatable bonds is 6. The molecule has 0 saturated heterocycles. The number of carbonyl (C=O) groups excluding carboxylic acids is 2. The Bertz CT molecular complexity index is 1790. The molecule has 44 heavy (non-hydrogen) atoms. The van der Waals surface area contributed by atoms with Crippen LogP contribution in [0.4, 0.5) is 16.2 Å². The predicted molar refractivity (Wildman–Crippen MR) is 174 cm³/mol. The molecule has 0 spiro atoms. The molecule has 1 N–H and O–H groups in total. The molecule has 3 aliphatic rings. The van der Waals surface area contributed by atoms with Gasteiger partial charge in [-0.25, -0.2) is 9.79 Å². The first-order chi connectivity index (χ1) is 21.1. The van der Waals surface area contributed by atoms with Gasteiger partial charge in [-0.1, -0.05) is 68.4 Å². The van der Waals surface area contributed by atoms with Gasteiger partial charge in [0.25, 0.3) is 0 Å². The van der Waals surface area contributed by atoms with Crippen molar-refractivity contribution in [2.24, 2.45) is 15.9 Å². The monoisotopic (exact) mass is 589 g/mol. The molecule has 3 heterocycles. The standard InChI is InChI=1S/C36H39N5O3/c1-23(2)18-30(39-35(43)44-36(3,4)5)34(42)41-22-26(27-14-8-11-17-32(27)41)19-29-33-38-28-15-9-6-13-25(28)21-40(33)31-16-10-7-12-24(31)20-37-29/h6-17,20-21,23,26,30H,18-19,22H2,1-5H3,(H,39,43)/t26?,30-/m0/s1. The number of nitrogens with zero attached hydrogens (tertiary/aromatic N) is 4. The highest BCUT2D eigenvalue weighted by Gasteiger charge is 2.38. The normalized spacial score (nSPS) is 17.5. The molecule has 8 heteroatoms. The summed E-state index contributed by atoms with van der Waals surface area (Å²) in [5.74, 6) is 0.836. The summed E-state index contributed by atoms with van der Waals surface area (Å²) >= 11 is 0. The van der Waals surface area contributed by atoms with Crippen LogP contribution in [0.5, 0.6) is 0 Å². The summed E-state index contributed by atoms with van der Waals surface area (Å²) in [6, 6.07) is 23.6. The molecule has 226 valence electrons. The van der Waals surface area contributed by atoms with E-state index in [0.29, 0.717) is 19.4 Å². The van der Waals surface area contributed by atoms with Crippen LogP contribution < -0.4 is 25.7 Å². The van der Waals surface area contributed by atoms with Gasteiger partial charge >= 0.3 is 6.09 Å². The largest absolute Gasteiger partial charge is 0.444 e. The zero-order chi connectivity index (χ0) is 31.0. The van der Waals surface area contributed by atoms with Crippen LogP contribution in [0.25, 0.3) is 6.20 Å². The van der Waals surface area contributed by atoms with Crippen molar-refractivity contribution in [2.45, 2.75) is 65.0 Å². The molecule has 3 aromatic rings. The van der Waals surface area contributed by atoms with Crippen molar-refractivity contribution in [3.8, 4) is 0 Å². The lowest BCUT2D eigenvalue weighted by molar-refractivity contribution is -0.121. The number of para-hydroxylation sites is 3. The van der Waals surface area contributed by atoms with Gasteiger partial charge in [0, 0.05) is 47.8 Å². The van der Waals surface area contributed by atoms with E-state index in [-0.39, 0.29) is 17.7 Å². The number of fused-ring (bicyclic) bond motifs is 5. The minimum Gasteiger partial charge on any atom is -0.444 e. The molecule has 2 atom stereocenters. The molecule has 3 aromatic carbocycles. The number of nitrogens with one attached hydrogen (secondary N) is 1. The molecule has 2 amide bonds. The quantitative estimate of drug-likeness (QED) is 0.404. The highest BCUT2D eigenvalue weighted by atomic mass is 16.6. The van der Waals surface area contributed by atoms with Crippen molar-refractivity contribution in [3.05, 3.63) is 106 Å². The van der Waals surface area contributed by atoms with E-state index in [4.69, 9.17) is 14.7 Å². The fourth-order valence-corrected chi connectivity index (χ4v) is 6.06. The first-order valence-electron chi connectivity index (χ1n) is 15.3. The number of allylic oxidation sites excluding steroid dienone is 1. The Kier molecular flexibility index (Phi) is 7.84. The first-order valence-corrected chi connectivity index (χ1v) is 15.3. The average molecular weight is 590 g/mol. The summed E-state index contributed by atoms with van der Waals surface area (Å²) in [4.78, 5) is 40.9. The lowest BCUT2D eigenvalue weighted by atomic mass is 9.96. The Balaban J connectivity index is 1.34. The Morgan fingerprint density at radius 2 is 1.68 bits per heavy atom. The fraction of sp³-hybridized carbons (Fsp3) is 0.333. The van der Waals surface area contributed by atoms with Gasteiger partial charge in [0.15, 0.2) is 5.82 Å². The van der Waals surface area contributed by atoms with E-state index in [1.807, 2.05) is 94.3 Å². The molecule has 1 unspecified atom stereocenters. The maximum absolute atomic E-state index is 14.1. The van der Waals surface area contributed by atoms with Gasteiger partial charge in [-0.15, -0.1) is 0 Å². The van der Waals surface area contributed by atoms with Crippen molar-refractivity contribution < 1.29 is 14.3 Å². The Labute approximate surface area is 258 Å². The van der Waals surface area contributed by atoms with Gasteiger partial charge in [0.2, 0.25) is 5.91 Å². The van der Waals surface area contributed by atoms with Crippen LogP contribution in [0.1, 0.15) is 64.5 Å². The van der Waals surface area contributed by atoms with Crippen molar-refractivity contribution >= 4 is 35.8 Å². The maximum atomic E-state index is 14.1. The molecule has 8 nitrogen and oxygen atoms in total. The average Bonchev–Trinajstić information content (AvgIpc) is 3.27. The number of hydrogen-bond acceptors (Lipinski definition) is 6. The number of carbonyl (C=O) groups is 2. The molecular formula is C36H39N5O3. The molecule has 0 aromatic heterocycles. The van der Waals surface area contributed by atoms with Crippen LogP contribution in [-0.4, -0.2) is 36.4 Å². The fourth-order valence-electron chi connectivity index (χ4n) is 6.06. The topological polar surface area (TPSA) is 86.6 Å². The molecule has 0 aliphatic carbocycles. The van der Waals surface area contributed by atoms with Gasteiger partial charge < -0.3 is 15.0 Å². The molecular weight excluding hydrogens is 550 g/mol. The Morgan fingerprint density at radius 3 is 2.45 bits per heavy atom. The van der Waals surface area contributed by atoms with E-state index in [2.05, 4.69) is 40.7 Å². The van der Waals surface area contributed by atoms with Crippen LogP contribution in [0.2, 0.25) is 0 Å². The van der Waals surface area contributed by atoms with Crippen molar-refractivity contribution in [2.75, 3.05) is 16.3 Å². The molecule has 0 radical (unpaired) electrons. The zero-order valence-electron chi connectivity index (χ0n) is 25.9. The summed E-state index contributed by atoms with van der Waals surface area (Å²) in [5, 5.41) is 4.81. The van der Waals surface area contributed by atoms with E-state index >= 15 is 0 Å². The second-order valence-electron chi connectivity index (χ2n) is 13.0. The van der Waals surface area contributed by atoms with E-state index in [1.165, 1.54) is 0 Å². The third kappa shape index (κ3) is 6.02. The third-order valence-electron chi connectivity index (χ3n) is 7.95. The first kappa shape index (κ1) is 29.4. The number of ether oxygens (including phenoxy) is 1. The van der Waals surface area contributed by atoms with Crippen LogP contribution in [-0.2, 0) is 9.53 Å². The third-order valence-corrected chi connectivity index (χ3v) is 7.95. The van der Waals surface area contributed by atoms with E-state index in [1.54, 1.807) is 0 Å². The van der Waals surface area contributed by atoms with Crippen LogP contribution in [0, 0.1) is 5.92 Å². The lowest BCUT2D eigenvalue weighted by Gasteiger charge is -2.28. The summed E-state index contributed by atoms with van der Waals surface area (Å²) < 4.78 is 5.51. The number of anilines is 2. The molecule has 0 bridgehead atoms. The van der Waals surface area contributed by atoms with E-state index in [9.17, 15) is 9.59 Å². The van der Waals surface area contributed by atoms with Gasteiger partial charge in [-0.2, -0.15) is 0 Å². The molecule has 0 saturated carbocycles. The van der Waals surface area contributed by atoms with Crippen molar-refractivity contribution in [1.29, 1.82) is 0 Å². The lowest BCUT2D eigenvalue weighted by Crippen LogP contribution is -2.50. The summed E-state index contributed by atoms with van der Waals surface area (Å²) in [6.07, 6.45) is 4.54. The minimum absolute atomic E-state index is 0.00791. The number of alkyl carbamates (subject to hydrolysis) is 1. The van der Waals surface area contributed by atoms with Gasteiger partial charge in [0.1, 0.15) is 11.6 Å². The number of hydrogen-bond donors (Lipinski definition) is 1. The van der Waals surface area contributed by atoms with Crippen LogP contribution in [0.15, 0.2) is 94.3 Å². The maximum Gasteiger partial charge on any atom is 0.408 e. The Hall–Kier alpha value is -4.72. The van der Waals surface area contributed by atoms with Crippen molar-refractivity contribution in [1.82, 2.24) is 5.32 Å². The molecule has 6 rings (SSSR count). The van der Waals surface area contributed by atoms with E-state index in [0.717, 1.165) is 44.6 Å². The van der Waals surface area contributed by atoms with Crippen molar-refractivity contribution in [3.63, 3.8) is 0 Å². The SMILES string of the molecule is CC(C)C[C@H](NC(=O)OC(C)(C)C)C(=O)N1CC(CC2=C3N=c4ccccc4=CN3c3ccccc3C=N2)c2ccccc21.